The van der Waals surface area contributed by atoms with E-state index < -0.39 is 0 Å². The Morgan fingerprint density at radius 1 is 1.50 bits per heavy atom. The minimum absolute atomic E-state index is 0.937. The number of hydrogen-bond acceptors (Lipinski definition) is 1. The van der Waals surface area contributed by atoms with Crippen molar-refractivity contribution in [3.63, 3.8) is 0 Å². The Bertz CT molecular complexity index is 251. The number of hydrogen-bond donors (Lipinski definition) is 0. The summed E-state index contributed by atoms with van der Waals surface area (Å²) in [6.45, 7) is 9.24. The molecule has 0 atom stereocenters. The fourth-order valence-corrected chi connectivity index (χ4v) is 0.895. The number of aryl methyl sites for hydroxylation is 1. The van der Waals surface area contributed by atoms with Crippen molar-refractivity contribution in [3.8, 4) is 0 Å². The van der Waals surface area contributed by atoms with Gasteiger partial charge < -0.3 is 0 Å². The van der Waals surface area contributed by atoms with E-state index in [-0.39, 0.29) is 0 Å². The van der Waals surface area contributed by atoms with Gasteiger partial charge in [-0.25, -0.2) is 0 Å². The molecular weight excluding hydrogens is 122 g/mol. The molecule has 1 aromatic rings. The molecule has 50 valence electrons. The van der Waals surface area contributed by atoms with Crippen LogP contribution >= 0.6 is 0 Å². The predicted octanol–water partition coefficient (Wildman–Crippen LogP) is 2.51. The van der Waals surface area contributed by atoms with E-state index in [1.807, 2.05) is 25.1 Å². The fourth-order valence-electron chi connectivity index (χ4n) is 0.895. The first-order valence-electron chi connectivity index (χ1n) is 3.13. The highest BCUT2D eigenvalue weighted by molar-refractivity contribution is 5.52. The van der Waals surface area contributed by atoms with Crippen LogP contribution in [-0.4, -0.2) is 6.72 Å². The average molecular weight is 132 g/mol. The van der Waals surface area contributed by atoms with Crippen molar-refractivity contribution >= 4 is 12.4 Å². The highest BCUT2D eigenvalue weighted by Crippen LogP contribution is 2.17. The van der Waals surface area contributed by atoms with Crippen LogP contribution in [0.4, 0.5) is 5.69 Å². The van der Waals surface area contributed by atoms with Gasteiger partial charge in [-0.3, -0.25) is 4.99 Å². The van der Waals surface area contributed by atoms with E-state index in [2.05, 4.69) is 18.6 Å². The third-order valence-electron chi connectivity index (χ3n) is 1.43. The first-order chi connectivity index (χ1) is 4.74. The Morgan fingerprint density at radius 3 is 2.70 bits per heavy atom. The first kappa shape index (κ1) is 6.87. The SMILES string of the molecule is C=Nc1ccc([CH2+])cc1C. The van der Waals surface area contributed by atoms with Crippen LogP contribution in [0.25, 0.3) is 0 Å². The summed E-state index contributed by atoms with van der Waals surface area (Å²) in [7, 11) is 0. The molecule has 0 N–H and O–H groups in total. The second kappa shape index (κ2) is 2.56. The lowest BCUT2D eigenvalue weighted by Crippen LogP contribution is -1.75. The summed E-state index contributed by atoms with van der Waals surface area (Å²) in [6, 6.07) is 5.84. The van der Waals surface area contributed by atoms with Crippen LogP contribution in [0.3, 0.4) is 0 Å². The molecule has 0 bridgehead atoms. The molecule has 0 fully saturated rings. The standard InChI is InChI=1S/C9H10N/c1-7-4-5-9(10-3)8(2)6-7/h4-6H,1,3H2,2H3/q+1. The Hall–Kier alpha value is -1.24. The maximum Gasteiger partial charge on any atom is 0.127 e. The molecule has 1 heteroatoms. The number of rotatable bonds is 1. The van der Waals surface area contributed by atoms with Crippen LogP contribution in [0.15, 0.2) is 23.2 Å². The van der Waals surface area contributed by atoms with Gasteiger partial charge in [-0.2, -0.15) is 0 Å². The quantitative estimate of drug-likeness (QED) is 0.411. The zero-order valence-electron chi connectivity index (χ0n) is 6.09. The smallest absolute Gasteiger partial charge is 0.127 e. The summed E-state index contributed by atoms with van der Waals surface area (Å²) in [5.41, 5.74) is 3.08. The van der Waals surface area contributed by atoms with Crippen LogP contribution in [0, 0.1) is 13.8 Å². The maximum absolute atomic E-state index is 3.83. The van der Waals surface area contributed by atoms with Gasteiger partial charge in [0.1, 0.15) is 5.56 Å². The van der Waals surface area contributed by atoms with Gasteiger partial charge in [-0.1, -0.05) is 0 Å². The van der Waals surface area contributed by atoms with E-state index >= 15 is 0 Å². The van der Waals surface area contributed by atoms with Crippen molar-refractivity contribution in [3.05, 3.63) is 36.2 Å². The second-order valence-electron chi connectivity index (χ2n) is 2.28. The molecule has 10 heavy (non-hydrogen) atoms. The summed E-state index contributed by atoms with van der Waals surface area (Å²) in [4.78, 5) is 3.83. The van der Waals surface area contributed by atoms with Crippen LogP contribution in [-0.2, 0) is 0 Å². The lowest BCUT2D eigenvalue weighted by atomic mass is 10.1. The molecular formula is C9H10N+. The Morgan fingerprint density at radius 2 is 2.20 bits per heavy atom. The van der Waals surface area contributed by atoms with Crippen molar-refractivity contribution < 1.29 is 0 Å². The minimum atomic E-state index is 0.937. The van der Waals surface area contributed by atoms with E-state index in [9.17, 15) is 0 Å². The second-order valence-corrected chi connectivity index (χ2v) is 2.28. The molecule has 0 saturated carbocycles. The first-order valence-corrected chi connectivity index (χ1v) is 3.13. The summed E-state index contributed by atoms with van der Waals surface area (Å²) in [6.07, 6.45) is 0. The molecule has 0 spiro atoms. The predicted molar refractivity (Wildman–Crippen MR) is 44.8 cm³/mol. The molecule has 1 nitrogen and oxygen atoms in total. The van der Waals surface area contributed by atoms with Gasteiger partial charge in [0.2, 0.25) is 0 Å². The van der Waals surface area contributed by atoms with E-state index in [0.29, 0.717) is 0 Å². The van der Waals surface area contributed by atoms with Crippen molar-refractivity contribution in [2.75, 3.05) is 0 Å². The third kappa shape index (κ3) is 1.18. The van der Waals surface area contributed by atoms with E-state index in [0.717, 1.165) is 16.8 Å². The zero-order chi connectivity index (χ0) is 7.56. The Kier molecular flexibility index (Phi) is 1.76. The highest BCUT2D eigenvalue weighted by atomic mass is 14.7. The summed E-state index contributed by atoms with van der Waals surface area (Å²) in [5.74, 6) is 0. The topological polar surface area (TPSA) is 12.4 Å². The highest BCUT2D eigenvalue weighted by Gasteiger charge is 1.99. The van der Waals surface area contributed by atoms with Gasteiger partial charge in [0, 0.05) is 24.6 Å². The zero-order valence-corrected chi connectivity index (χ0v) is 6.09. The van der Waals surface area contributed by atoms with Crippen molar-refractivity contribution in [1.29, 1.82) is 0 Å². The third-order valence-corrected chi connectivity index (χ3v) is 1.43. The molecule has 0 amide bonds. The van der Waals surface area contributed by atoms with Gasteiger partial charge >= 0.3 is 0 Å². The summed E-state index contributed by atoms with van der Waals surface area (Å²) in [5, 5.41) is 0. The van der Waals surface area contributed by atoms with Crippen LogP contribution in [0.5, 0.6) is 0 Å². The molecule has 0 radical (unpaired) electrons. The number of benzene rings is 1. The summed E-state index contributed by atoms with van der Waals surface area (Å²) >= 11 is 0. The largest absolute Gasteiger partial charge is 0.262 e. The van der Waals surface area contributed by atoms with Gasteiger partial charge in [-0.05, 0) is 13.6 Å². The molecule has 0 saturated heterocycles. The molecule has 0 unspecified atom stereocenters. The normalized spacial score (nSPS) is 9.30. The monoisotopic (exact) mass is 132 g/mol. The van der Waals surface area contributed by atoms with Gasteiger partial charge in [-0.15, -0.1) is 0 Å². The summed E-state index contributed by atoms with van der Waals surface area (Å²) < 4.78 is 0. The van der Waals surface area contributed by atoms with Gasteiger partial charge in [0.05, 0.1) is 11.8 Å². The Balaban J connectivity index is 3.19. The molecule has 0 aliphatic heterocycles. The minimum Gasteiger partial charge on any atom is -0.262 e. The fraction of sp³-hybridized carbons (Fsp3) is 0.111. The van der Waals surface area contributed by atoms with Crippen molar-refractivity contribution in [2.24, 2.45) is 4.99 Å². The Labute approximate surface area is 61.4 Å². The molecule has 0 aromatic heterocycles. The van der Waals surface area contributed by atoms with Crippen LogP contribution < -0.4 is 0 Å². The van der Waals surface area contributed by atoms with Crippen molar-refractivity contribution in [1.82, 2.24) is 0 Å². The lowest BCUT2D eigenvalue weighted by molar-refractivity contribution is 1.39. The number of nitrogens with zero attached hydrogens (tertiary/aromatic N) is 1. The maximum atomic E-state index is 3.83. The molecule has 0 aliphatic rings. The van der Waals surface area contributed by atoms with Gasteiger partial charge in [0.25, 0.3) is 0 Å². The van der Waals surface area contributed by atoms with Gasteiger partial charge in [0.15, 0.2) is 0 Å². The van der Waals surface area contributed by atoms with Crippen LogP contribution in [0.1, 0.15) is 11.1 Å². The number of aliphatic imine (C=N–C) groups is 1. The average Bonchev–Trinajstić information content (AvgIpc) is 1.88. The molecule has 0 heterocycles. The molecule has 1 rings (SSSR count). The van der Waals surface area contributed by atoms with Crippen LogP contribution in [0.2, 0.25) is 0 Å². The van der Waals surface area contributed by atoms with E-state index in [4.69, 9.17) is 0 Å². The van der Waals surface area contributed by atoms with Crippen molar-refractivity contribution in [2.45, 2.75) is 6.92 Å². The van der Waals surface area contributed by atoms with E-state index in [1.165, 1.54) is 0 Å². The molecule has 0 aliphatic carbocycles. The molecule has 1 aromatic carbocycles. The van der Waals surface area contributed by atoms with E-state index in [1.54, 1.807) is 0 Å². The lowest BCUT2D eigenvalue weighted by Gasteiger charge is -1.92.